The predicted octanol–water partition coefficient (Wildman–Crippen LogP) is 3.26. The van der Waals surface area contributed by atoms with Crippen LogP contribution in [0.1, 0.15) is 11.1 Å². The molecule has 0 radical (unpaired) electrons. The van der Waals surface area contributed by atoms with Gasteiger partial charge in [-0.1, -0.05) is 42.5 Å². The van der Waals surface area contributed by atoms with Gasteiger partial charge in [0.25, 0.3) is 0 Å². The van der Waals surface area contributed by atoms with Gasteiger partial charge in [-0.15, -0.1) is 0 Å². The summed E-state index contributed by atoms with van der Waals surface area (Å²) in [6.45, 7) is 0.467. The molecule has 0 spiro atoms. The van der Waals surface area contributed by atoms with E-state index in [1.165, 1.54) is 6.08 Å². The minimum Gasteiger partial charge on any atom is -0.489 e. The first-order chi connectivity index (χ1) is 10.2. The molecule has 0 aliphatic rings. The molecule has 0 amide bonds. The number of hydrogen-bond acceptors (Lipinski definition) is 3. The molecular formula is C17H13NO3. The van der Waals surface area contributed by atoms with Gasteiger partial charge in [0.05, 0.1) is 0 Å². The van der Waals surface area contributed by atoms with Crippen molar-refractivity contribution in [3.05, 3.63) is 71.3 Å². The van der Waals surface area contributed by atoms with Crippen molar-refractivity contribution in [2.45, 2.75) is 6.61 Å². The normalized spacial score (nSPS) is 10.7. The van der Waals surface area contributed by atoms with Crippen molar-refractivity contribution in [2.24, 2.45) is 0 Å². The molecule has 0 aromatic heterocycles. The summed E-state index contributed by atoms with van der Waals surface area (Å²) in [4.78, 5) is 10.7. The molecule has 2 aromatic rings. The quantitative estimate of drug-likeness (QED) is 0.673. The van der Waals surface area contributed by atoms with Gasteiger partial charge in [0.15, 0.2) is 0 Å². The van der Waals surface area contributed by atoms with Crippen molar-refractivity contribution < 1.29 is 14.6 Å². The van der Waals surface area contributed by atoms with E-state index in [-0.39, 0.29) is 5.57 Å². The van der Waals surface area contributed by atoms with E-state index in [0.717, 1.165) is 5.56 Å². The molecule has 0 heterocycles. The van der Waals surface area contributed by atoms with Crippen molar-refractivity contribution in [2.75, 3.05) is 0 Å². The van der Waals surface area contributed by atoms with Crippen LogP contribution in [0.15, 0.2) is 60.2 Å². The highest BCUT2D eigenvalue weighted by Crippen LogP contribution is 2.16. The zero-order valence-corrected chi connectivity index (χ0v) is 11.2. The topological polar surface area (TPSA) is 70.3 Å². The van der Waals surface area contributed by atoms with Crippen LogP contribution in [0.3, 0.4) is 0 Å². The van der Waals surface area contributed by atoms with Crippen molar-refractivity contribution in [3.8, 4) is 11.8 Å². The van der Waals surface area contributed by atoms with Crippen molar-refractivity contribution in [3.63, 3.8) is 0 Å². The Balaban J connectivity index is 2.03. The summed E-state index contributed by atoms with van der Waals surface area (Å²) in [6, 6.07) is 18.3. The fourth-order valence-corrected chi connectivity index (χ4v) is 1.71. The number of carboxylic acids is 1. The van der Waals surface area contributed by atoms with Crippen LogP contribution in [0, 0.1) is 11.3 Å². The Labute approximate surface area is 122 Å². The second kappa shape index (κ2) is 6.92. The van der Waals surface area contributed by atoms with Crippen LogP contribution < -0.4 is 4.74 Å². The molecule has 0 unspecified atom stereocenters. The summed E-state index contributed by atoms with van der Waals surface area (Å²) in [7, 11) is 0. The number of hydrogen-bond donors (Lipinski definition) is 1. The Hall–Kier alpha value is -3.06. The highest BCUT2D eigenvalue weighted by molar-refractivity contribution is 5.96. The predicted molar refractivity (Wildman–Crippen MR) is 78.4 cm³/mol. The molecule has 21 heavy (non-hydrogen) atoms. The molecule has 0 atom stereocenters. The molecule has 4 heteroatoms. The van der Waals surface area contributed by atoms with E-state index >= 15 is 0 Å². The summed E-state index contributed by atoms with van der Waals surface area (Å²) < 4.78 is 5.62. The Morgan fingerprint density at radius 2 is 1.81 bits per heavy atom. The molecule has 0 bridgehead atoms. The van der Waals surface area contributed by atoms with Crippen LogP contribution >= 0.6 is 0 Å². The molecule has 2 rings (SSSR count). The molecule has 0 fully saturated rings. The van der Waals surface area contributed by atoms with E-state index in [2.05, 4.69) is 0 Å². The van der Waals surface area contributed by atoms with Gasteiger partial charge in [0, 0.05) is 0 Å². The van der Waals surface area contributed by atoms with E-state index < -0.39 is 5.97 Å². The molecule has 0 saturated carbocycles. The Morgan fingerprint density at radius 3 is 2.38 bits per heavy atom. The zero-order valence-electron chi connectivity index (χ0n) is 11.2. The lowest BCUT2D eigenvalue weighted by atomic mass is 10.1. The average molecular weight is 279 g/mol. The molecule has 104 valence electrons. The number of carbonyl (C=O) groups is 1. The molecule has 0 aliphatic carbocycles. The minimum absolute atomic E-state index is 0.298. The maximum absolute atomic E-state index is 10.7. The molecule has 1 N–H and O–H groups in total. The highest BCUT2D eigenvalue weighted by Gasteiger charge is 2.05. The Kier molecular flexibility index (Phi) is 4.73. The largest absolute Gasteiger partial charge is 0.489 e. The summed E-state index contributed by atoms with van der Waals surface area (Å²) in [6.07, 6.45) is 1.32. The van der Waals surface area contributed by atoms with Gasteiger partial charge in [-0.2, -0.15) is 5.26 Å². The minimum atomic E-state index is -1.23. The van der Waals surface area contributed by atoms with E-state index in [1.54, 1.807) is 30.3 Å². The van der Waals surface area contributed by atoms with Gasteiger partial charge in [-0.05, 0) is 29.3 Å². The second-order valence-electron chi connectivity index (χ2n) is 4.32. The van der Waals surface area contributed by atoms with Gasteiger partial charge < -0.3 is 9.84 Å². The standard InChI is InChI=1S/C17H13NO3/c18-11-15(17(19)20)10-13-6-8-16(9-7-13)21-12-14-4-2-1-3-5-14/h1-10H,12H2,(H,19,20)/b15-10+. The summed E-state index contributed by atoms with van der Waals surface area (Å²) in [5.41, 5.74) is 1.41. The van der Waals surface area contributed by atoms with Crippen LogP contribution in [0.4, 0.5) is 0 Å². The molecule has 4 nitrogen and oxygen atoms in total. The lowest BCUT2D eigenvalue weighted by Gasteiger charge is -2.06. The fourth-order valence-electron chi connectivity index (χ4n) is 1.71. The number of aliphatic carboxylic acids is 1. The summed E-state index contributed by atoms with van der Waals surface area (Å²) in [5.74, 6) is -0.549. The maximum atomic E-state index is 10.7. The highest BCUT2D eigenvalue weighted by atomic mass is 16.5. The number of carboxylic acid groups (broad SMARTS) is 1. The smallest absolute Gasteiger partial charge is 0.346 e. The first kappa shape index (κ1) is 14.4. The SMILES string of the molecule is N#C/C(=C\c1ccc(OCc2ccccc2)cc1)C(=O)O. The fraction of sp³-hybridized carbons (Fsp3) is 0.0588. The third-order valence-electron chi connectivity index (χ3n) is 2.79. The number of nitriles is 1. The number of nitrogens with zero attached hydrogens (tertiary/aromatic N) is 1. The van der Waals surface area contributed by atoms with Crippen LogP contribution in [0.5, 0.6) is 5.75 Å². The number of rotatable bonds is 5. The van der Waals surface area contributed by atoms with Crippen LogP contribution in [-0.4, -0.2) is 11.1 Å². The van der Waals surface area contributed by atoms with Crippen molar-refractivity contribution >= 4 is 12.0 Å². The molecule has 0 aliphatic heterocycles. The van der Waals surface area contributed by atoms with Crippen molar-refractivity contribution in [1.29, 1.82) is 5.26 Å². The Morgan fingerprint density at radius 1 is 1.14 bits per heavy atom. The number of benzene rings is 2. The molecule has 2 aromatic carbocycles. The van der Waals surface area contributed by atoms with Crippen molar-refractivity contribution in [1.82, 2.24) is 0 Å². The van der Waals surface area contributed by atoms with E-state index in [1.807, 2.05) is 30.3 Å². The first-order valence-electron chi connectivity index (χ1n) is 6.31. The Bertz CT molecular complexity index is 682. The van der Waals surface area contributed by atoms with Gasteiger partial charge >= 0.3 is 5.97 Å². The zero-order chi connectivity index (χ0) is 15.1. The van der Waals surface area contributed by atoms with Crippen LogP contribution in [-0.2, 0) is 11.4 Å². The van der Waals surface area contributed by atoms with E-state index in [9.17, 15) is 4.79 Å². The van der Waals surface area contributed by atoms with Gasteiger partial charge in [0.1, 0.15) is 24.0 Å². The summed E-state index contributed by atoms with van der Waals surface area (Å²) >= 11 is 0. The van der Waals surface area contributed by atoms with Gasteiger partial charge in [0.2, 0.25) is 0 Å². The number of ether oxygens (including phenoxy) is 1. The monoisotopic (exact) mass is 279 g/mol. The van der Waals surface area contributed by atoms with Crippen LogP contribution in [0.25, 0.3) is 6.08 Å². The second-order valence-corrected chi connectivity index (χ2v) is 4.32. The van der Waals surface area contributed by atoms with Gasteiger partial charge in [-0.25, -0.2) is 4.79 Å². The third-order valence-corrected chi connectivity index (χ3v) is 2.79. The van der Waals surface area contributed by atoms with Gasteiger partial charge in [-0.3, -0.25) is 0 Å². The van der Waals surface area contributed by atoms with E-state index in [0.29, 0.717) is 17.9 Å². The molecular weight excluding hydrogens is 266 g/mol. The van der Waals surface area contributed by atoms with Crippen LogP contribution in [0.2, 0.25) is 0 Å². The lowest BCUT2D eigenvalue weighted by molar-refractivity contribution is -0.132. The lowest BCUT2D eigenvalue weighted by Crippen LogP contribution is -1.97. The molecule has 0 saturated heterocycles. The average Bonchev–Trinajstić information content (AvgIpc) is 2.52. The maximum Gasteiger partial charge on any atom is 0.346 e. The third kappa shape index (κ3) is 4.22. The van der Waals surface area contributed by atoms with E-state index in [4.69, 9.17) is 15.1 Å². The summed E-state index contributed by atoms with van der Waals surface area (Å²) in [5, 5.41) is 17.5. The first-order valence-corrected chi connectivity index (χ1v) is 6.31.